The number of halogens is 1. The monoisotopic (exact) mass is 462 g/mol. The number of carbonyl (C=O) groups is 2. The molecule has 1 aromatic rings. The Kier molecular flexibility index (Phi) is 9.07. The molecule has 0 saturated heterocycles. The molecule has 1 heterocycles. The van der Waals surface area contributed by atoms with Crippen molar-refractivity contribution in [3.8, 4) is 0 Å². The van der Waals surface area contributed by atoms with Crippen molar-refractivity contribution in [2.75, 3.05) is 21.2 Å². The second-order valence-electron chi connectivity index (χ2n) is 7.38. The lowest BCUT2D eigenvalue weighted by atomic mass is 9.84. The Morgan fingerprint density at radius 3 is 2.62 bits per heavy atom. The average Bonchev–Trinajstić information content (AvgIpc) is 3.09. The number of carbonyl (C=O) groups excluding carboxylic acids is 2. The number of methoxy groups -OCH3 is 1. The molecule has 174 valence electrons. The van der Waals surface area contributed by atoms with Crippen LogP contribution in [-0.4, -0.2) is 70.9 Å². The lowest BCUT2D eigenvalue weighted by molar-refractivity contribution is -0.130. The van der Waals surface area contributed by atoms with Crippen LogP contribution in [0.3, 0.4) is 0 Å². The molecule has 0 aliphatic heterocycles. The van der Waals surface area contributed by atoms with Crippen molar-refractivity contribution in [3.05, 3.63) is 47.8 Å². The topological polar surface area (TPSA) is 92.1 Å². The molecule has 0 radical (unpaired) electrons. The van der Waals surface area contributed by atoms with Gasteiger partial charge in [0.15, 0.2) is 5.82 Å². The number of likely N-dealkylation sites (N-methyl/N-ethyl adjacent to an activating group) is 1. The number of rotatable bonds is 10. The largest absolute Gasteiger partial charge is 0.480 e. The van der Waals surface area contributed by atoms with Gasteiger partial charge in [0.05, 0.1) is 24.7 Å². The summed E-state index contributed by atoms with van der Waals surface area (Å²) in [5, 5.41) is 3.76. The van der Waals surface area contributed by atoms with E-state index < -0.39 is 0 Å². The minimum absolute atomic E-state index is 0.0505. The summed E-state index contributed by atoms with van der Waals surface area (Å²) in [7, 11) is 6.71. The van der Waals surface area contributed by atoms with Crippen molar-refractivity contribution in [2.24, 2.45) is 12.0 Å². The van der Waals surface area contributed by atoms with Gasteiger partial charge in [-0.25, -0.2) is 4.98 Å². The molecule has 32 heavy (non-hydrogen) atoms. The molecule has 0 unspecified atom stereocenters. The van der Waals surface area contributed by atoms with E-state index in [2.05, 4.69) is 21.9 Å². The van der Waals surface area contributed by atoms with E-state index in [1.54, 1.807) is 55.0 Å². The van der Waals surface area contributed by atoms with Crippen LogP contribution in [-0.2, 0) is 21.4 Å². The molecular weight excluding hydrogens is 432 g/mol. The first-order chi connectivity index (χ1) is 15.3. The van der Waals surface area contributed by atoms with E-state index in [4.69, 9.17) is 16.3 Å². The Hall–Kier alpha value is -3.07. The van der Waals surface area contributed by atoms with Crippen LogP contribution < -0.4 is 5.32 Å². The molecule has 10 heteroatoms. The molecule has 1 aromatic heterocycles. The summed E-state index contributed by atoms with van der Waals surface area (Å²) in [4.78, 5) is 35.6. The molecule has 9 nitrogen and oxygen atoms in total. The highest BCUT2D eigenvalue weighted by Crippen LogP contribution is 2.30. The molecule has 1 fully saturated rings. The van der Waals surface area contributed by atoms with Gasteiger partial charge in [-0.15, -0.1) is 0 Å². The summed E-state index contributed by atoms with van der Waals surface area (Å²) < 4.78 is 7.09. The van der Waals surface area contributed by atoms with Gasteiger partial charge in [0.1, 0.15) is 5.15 Å². The average molecular weight is 463 g/mol. The highest BCUT2D eigenvalue weighted by Gasteiger charge is 2.36. The standard InChI is InChI=1S/C22H31ClN6O3/c1-7-9-17(22(24-3)32-6)26-18(21-25-12-19(23)28(21)5)13-29(14-30)16-10-15(11-16)27(4)20(31)8-2/h8-9,12-16,26H,2,7,10-11H2,1,3-6H3/b17-9+,18-13+,24-22?. The Morgan fingerprint density at radius 2 is 2.16 bits per heavy atom. The number of nitrogens with one attached hydrogen (secondary N) is 1. The number of hydrogen-bond donors (Lipinski definition) is 1. The number of aromatic nitrogens is 2. The molecule has 1 N–H and O–H groups in total. The Labute approximate surface area is 194 Å². The number of hydrogen-bond acceptors (Lipinski definition) is 6. The van der Waals surface area contributed by atoms with Crippen molar-refractivity contribution < 1.29 is 14.3 Å². The molecular formula is C22H31ClN6O3. The first kappa shape index (κ1) is 25.2. The summed E-state index contributed by atoms with van der Waals surface area (Å²) in [6.45, 7) is 5.52. The van der Waals surface area contributed by atoms with Crippen LogP contribution in [0.1, 0.15) is 32.0 Å². The maximum atomic E-state index is 12.0. The normalized spacial score (nSPS) is 19.1. The maximum Gasteiger partial charge on any atom is 0.245 e. The van der Waals surface area contributed by atoms with E-state index in [0.29, 0.717) is 41.1 Å². The number of aliphatic imine (C=N–C) groups is 1. The van der Waals surface area contributed by atoms with Gasteiger partial charge in [-0.1, -0.05) is 31.2 Å². The fraction of sp³-hybridized carbons (Fsp3) is 0.455. The SMILES string of the molecule is C=CC(=O)N(C)C1CC(N(C=O)/C=C(/N/C(=C/CC)C(=NC)OC)c2ncc(Cl)n2C)C1. The van der Waals surface area contributed by atoms with Gasteiger partial charge in [-0.2, -0.15) is 0 Å². The van der Waals surface area contributed by atoms with Crippen molar-refractivity contribution in [1.29, 1.82) is 0 Å². The second kappa shape index (κ2) is 11.5. The Bertz CT molecular complexity index is 930. The number of amides is 2. The fourth-order valence-electron chi connectivity index (χ4n) is 3.46. The molecule has 1 aliphatic carbocycles. The quantitative estimate of drug-likeness (QED) is 0.250. The zero-order chi connectivity index (χ0) is 23.8. The molecule has 2 rings (SSSR count). The Balaban J connectivity index is 2.35. The third-order valence-electron chi connectivity index (χ3n) is 5.46. The number of allylic oxidation sites excluding steroid dienone is 1. The van der Waals surface area contributed by atoms with Gasteiger partial charge in [-0.3, -0.25) is 14.6 Å². The van der Waals surface area contributed by atoms with Crippen LogP contribution in [0.25, 0.3) is 5.70 Å². The zero-order valence-electron chi connectivity index (χ0n) is 19.2. The van der Waals surface area contributed by atoms with E-state index in [1.165, 1.54) is 6.08 Å². The molecule has 0 atom stereocenters. The van der Waals surface area contributed by atoms with Gasteiger partial charge in [0, 0.05) is 39.4 Å². The third kappa shape index (κ3) is 5.59. The summed E-state index contributed by atoms with van der Waals surface area (Å²) in [5.74, 6) is 0.834. The summed E-state index contributed by atoms with van der Waals surface area (Å²) in [5.41, 5.74) is 1.21. The van der Waals surface area contributed by atoms with Crippen LogP contribution in [0.4, 0.5) is 0 Å². The van der Waals surface area contributed by atoms with E-state index in [1.807, 2.05) is 13.0 Å². The Morgan fingerprint density at radius 1 is 1.47 bits per heavy atom. The zero-order valence-corrected chi connectivity index (χ0v) is 20.0. The van der Waals surface area contributed by atoms with Crippen LogP contribution >= 0.6 is 11.6 Å². The number of nitrogens with zero attached hydrogens (tertiary/aromatic N) is 5. The van der Waals surface area contributed by atoms with Crippen molar-refractivity contribution in [2.45, 2.75) is 38.3 Å². The lowest BCUT2D eigenvalue weighted by Crippen LogP contribution is -2.52. The van der Waals surface area contributed by atoms with Crippen molar-refractivity contribution in [1.82, 2.24) is 24.7 Å². The number of ether oxygens (including phenoxy) is 1. The van der Waals surface area contributed by atoms with Gasteiger partial charge in [0.25, 0.3) is 0 Å². The second-order valence-corrected chi connectivity index (χ2v) is 7.76. The first-order valence-corrected chi connectivity index (χ1v) is 10.7. The van der Waals surface area contributed by atoms with E-state index in [0.717, 1.165) is 12.8 Å². The smallest absolute Gasteiger partial charge is 0.245 e. The minimum atomic E-state index is -0.132. The van der Waals surface area contributed by atoms with E-state index in [9.17, 15) is 9.59 Å². The highest BCUT2D eigenvalue weighted by atomic mass is 35.5. The summed E-state index contributed by atoms with van der Waals surface area (Å²) in [6.07, 6.45) is 9.32. The molecule has 0 aromatic carbocycles. The van der Waals surface area contributed by atoms with Gasteiger partial charge in [0.2, 0.25) is 18.2 Å². The van der Waals surface area contributed by atoms with Crippen molar-refractivity contribution in [3.63, 3.8) is 0 Å². The molecule has 1 aliphatic rings. The van der Waals surface area contributed by atoms with Crippen LogP contribution in [0.15, 0.2) is 41.8 Å². The predicted octanol–water partition coefficient (Wildman–Crippen LogP) is 2.56. The molecule has 2 amide bonds. The maximum absolute atomic E-state index is 12.0. The van der Waals surface area contributed by atoms with Gasteiger partial charge in [-0.05, 0) is 25.3 Å². The van der Waals surface area contributed by atoms with Gasteiger partial charge >= 0.3 is 0 Å². The van der Waals surface area contributed by atoms with E-state index in [-0.39, 0.29) is 18.0 Å². The van der Waals surface area contributed by atoms with Gasteiger partial charge < -0.3 is 24.4 Å². The molecule has 1 saturated carbocycles. The van der Waals surface area contributed by atoms with Crippen LogP contribution in [0.2, 0.25) is 5.15 Å². The summed E-state index contributed by atoms with van der Waals surface area (Å²) in [6, 6.07) is 0.00804. The van der Waals surface area contributed by atoms with Crippen LogP contribution in [0.5, 0.6) is 0 Å². The minimum Gasteiger partial charge on any atom is -0.480 e. The van der Waals surface area contributed by atoms with Crippen molar-refractivity contribution >= 4 is 35.5 Å². The number of imidazole rings is 1. The first-order valence-electron chi connectivity index (χ1n) is 10.3. The lowest BCUT2D eigenvalue weighted by Gasteiger charge is -2.44. The fourth-order valence-corrected chi connectivity index (χ4v) is 3.59. The molecule has 0 bridgehead atoms. The third-order valence-corrected chi connectivity index (χ3v) is 5.81. The highest BCUT2D eigenvalue weighted by molar-refractivity contribution is 6.29. The van der Waals surface area contributed by atoms with Crippen LogP contribution in [0, 0.1) is 0 Å². The summed E-state index contributed by atoms with van der Waals surface area (Å²) >= 11 is 6.21. The van der Waals surface area contributed by atoms with E-state index >= 15 is 0 Å². The predicted molar refractivity (Wildman–Crippen MR) is 126 cm³/mol. The molecule has 0 spiro atoms.